The van der Waals surface area contributed by atoms with Gasteiger partial charge in [0.25, 0.3) is 0 Å². The molecule has 0 fully saturated rings. The number of hydrogen-bond donors (Lipinski definition) is 0. The molecule has 0 saturated carbocycles. The highest BCUT2D eigenvalue weighted by atomic mass is 28.4. The average Bonchev–Trinajstić information content (AvgIpc) is 2.30. The van der Waals surface area contributed by atoms with Gasteiger partial charge >= 0.3 is 9.05 Å². The van der Waals surface area contributed by atoms with E-state index in [2.05, 4.69) is 6.92 Å². The maximum absolute atomic E-state index is 5.77. The summed E-state index contributed by atoms with van der Waals surface area (Å²) in [5.41, 5.74) is 0. The first-order chi connectivity index (χ1) is 8.24. The lowest BCUT2D eigenvalue weighted by molar-refractivity contribution is -0.0280. The molecule has 0 aliphatic rings. The summed E-state index contributed by atoms with van der Waals surface area (Å²) >= 11 is 0. The first-order valence-corrected chi connectivity index (χ1v) is 8.43. The van der Waals surface area contributed by atoms with Crippen LogP contribution in [0.15, 0.2) is 0 Å². The van der Waals surface area contributed by atoms with Gasteiger partial charge in [0.2, 0.25) is 0 Å². The van der Waals surface area contributed by atoms with Crippen molar-refractivity contribution < 1.29 is 17.7 Å². The Kier molecular flexibility index (Phi) is 11.2. The van der Waals surface area contributed by atoms with E-state index in [1.165, 1.54) is 19.3 Å². The highest BCUT2D eigenvalue weighted by Crippen LogP contribution is 2.13. The summed E-state index contributed by atoms with van der Waals surface area (Å²) in [6, 6.07) is 0. The summed E-state index contributed by atoms with van der Waals surface area (Å²) in [7, 11) is -2.86. The third-order valence-electron chi connectivity index (χ3n) is 2.24. The number of hydrogen-bond acceptors (Lipinski definition) is 4. The van der Waals surface area contributed by atoms with Crippen LogP contribution in [0.4, 0.5) is 0 Å². The summed E-state index contributed by atoms with van der Waals surface area (Å²) in [5.74, 6) is 0. The van der Waals surface area contributed by atoms with E-state index in [0.29, 0.717) is 26.4 Å². The molecule has 0 aromatic rings. The van der Waals surface area contributed by atoms with E-state index in [0.717, 1.165) is 6.42 Å². The van der Waals surface area contributed by atoms with Crippen LogP contribution in [-0.2, 0) is 17.7 Å². The first-order valence-electron chi connectivity index (χ1n) is 6.80. The Labute approximate surface area is 107 Å². The maximum Gasteiger partial charge on any atom is 0.679 e. The highest BCUT2D eigenvalue weighted by Gasteiger charge is 2.44. The van der Waals surface area contributed by atoms with Crippen molar-refractivity contribution in [3.63, 3.8) is 0 Å². The summed E-state index contributed by atoms with van der Waals surface area (Å²) in [5, 5.41) is 0. The SMILES string of the molecule is CCCCCCO[Si](OCC)(OCC)OCC. The average molecular weight is 264 g/mol. The van der Waals surface area contributed by atoms with Crippen LogP contribution in [0.25, 0.3) is 0 Å². The lowest BCUT2D eigenvalue weighted by Gasteiger charge is -2.26. The van der Waals surface area contributed by atoms with Gasteiger partial charge in [0.05, 0.1) is 0 Å². The van der Waals surface area contributed by atoms with Crippen LogP contribution >= 0.6 is 0 Å². The second-order valence-corrected chi connectivity index (χ2v) is 5.86. The van der Waals surface area contributed by atoms with Gasteiger partial charge in [-0.25, -0.2) is 0 Å². The third-order valence-corrected chi connectivity index (χ3v) is 4.72. The van der Waals surface area contributed by atoms with Gasteiger partial charge in [0.15, 0.2) is 0 Å². The van der Waals surface area contributed by atoms with E-state index >= 15 is 0 Å². The topological polar surface area (TPSA) is 36.9 Å². The zero-order chi connectivity index (χ0) is 13.0. The van der Waals surface area contributed by atoms with Crippen LogP contribution in [0.5, 0.6) is 0 Å². The van der Waals surface area contributed by atoms with Crippen molar-refractivity contribution in [3.05, 3.63) is 0 Å². The van der Waals surface area contributed by atoms with Gasteiger partial charge in [0, 0.05) is 26.4 Å². The van der Waals surface area contributed by atoms with Gasteiger partial charge in [0.1, 0.15) is 0 Å². The fourth-order valence-electron chi connectivity index (χ4n) is 1.51. The van der Waals surface area contributed by atoms with Crippen molar-refractivity contribution in [2.45, 2.75) is 53.4 Å². The molecule has 0 saturated heterocycles. The Hall–Kier alpha value is 0.0569. The molecule has 5 heteroatoms. The first kappa shape index (κ1) is 17.1. The molecule has 0 amide bonds. The second kappa shape index (κ2) is 11.2. The Morgan fingerprint density at radius 1 is 0.647 bits per heavy atom. The molecule has 0 bridgehead atoms. The van der Waals surface area contributed by atoms with Crippen LogP contribution in [0.3, 0.4) is 0 Å². The fourth-order valence-corrected chi connectivity index (χ4v) is 3.46. The number of rotatable bonds is 12. The molecular weight excluding hydrogens is 236 g/mol. The molecule has 0 N–H and O–H groups in total. The van der Waals surface area contributed by atoms with Crippen molar-refractivity contribution in [3.8, 4) is 0 Å². The van der Waals surface area contributed by atoms with Crippen LogP contribution in [-0.4, -0.2) is 35.5 Å². The number of unbranched alkanes of at least 4 members (excludes halogenated alkanes) is 3. The molecule has 104 valence electrons. The van der Waals surface area contributed by atoms with Crippen LogP contribution < -0.4 is 0 Å². The Morgan fingerprint density at radius 3 is 1.59 bits per heavy atom. The molecule has 0 aliphatic carbocycles. The summed E-state index contributed by atoms with van der Waals surface area (Å²) in [6.07, 6.45) is 4.70. The maximum atomic E-state index is 5.77. The van der Waals surface area contributed by atoms with Crippen molar-refractivity contribution in [1.82, 2.24) is 0 Å². The Balaban J connectivity index is 4.05. The van der Waals surface area contributed by atoms with E-state index in [-0.39, 0.29) is 0 Å². The quantitative estimate of drug-likeness (QED) is 0.401. The Bertz CT molecular complexity index is 150. The van der Waals surface area contributed by atoms with Crippen molar-refractivity contribution in [2.75, 3.05) is 26.4 Å². The summed E-state index contributed by atoms with van der Waals surface area (Å²) < 4.78 is 22.5. The van der Waals surface area contributed by atoms with Gasteiger partial charge in [-0.2, -0.15) is 0 Å². The fraction of sp³-hybridized carbons (Fsp3) is 1.00. The Morgan fingerprint density at radius 2 is 1.18 bits per heavy atom. The molecule has 0 rings (SSSR count). The molecule has 0 aromatic carbocycles. The predicted molar refractivity (Wildman–Crippen MR) is 70.7 cm³/mol. The van der Waals surface area contributed by atoms with Crippen molar-refractivity contribution in [2.24, 2.45) is 0 Å². The second-order valence-electron chi connectivity index (χ2n) is 3.71. The predicted octanol–water partition coefficient (Wildman–Crippen LogP) is 3.13. The largest absolute Gasteiger partial charge is 0.679 e. The normalized spacial score (nSPS) is 12.0. The molecule has 17 heavy (non-hydrogen) atoms. The minimum absolute atomic E-state index is 0.557. The van der Waals surface area contributed by atoms with E-state index in [1.54, 1.807) is 0 Å². The van der Waals surface area contributed by atoms with E-state index < -0.39 is 9.05 Å². The van der Waals surface area contributed by atoms with E-state index in [1.807, 2.05) is 20.8 Å². The van der Waals surface area contributed by atoms with Crippen LogP contribution in [0.1, 0.15) is 53.4 Å². The lowest BCUT2D eigenvalue weighted by Crippen LogP contribution is -2.49. The van der Waals surface area contributed by atoms with Crippen LogP contribution in [0.2, 0.25) is 0 Å². The standard InChI is InChI=1S/C12H28O4Si/c1-5-9-10-11-12-16-17(13-6-2,14-7-3)15-8-4/h5-12H2,1-4H3. The smallest absolute Gasteiger partial charge is 0.351 e. The molecular formula is C12H28O4Si. The molecule has 4 nitrogen and oxygen atoms in total. The summed E-state index contributed by atoms with van der Waals surface area (Å²) in [6.45, 7) is 10.3. The third kappa shape index (κ3) is 7.89. The highest BCUT2D eigenvalue weighted by molar-refractivity contribution is 6.53. The minimum Gasteiger partial charge on any atom is -0.351 e. The zero-order valence-corrected chi connectivity index (χ0v) is 12.8. The zero-order valence-electron chi connectivity index (χ0n) is 11.8. The van der Waals surface area contributed by atoms with Crippen LogP contribution in [0, 0.1) is 0 Å². The van der Waals surface area contributed by atoms with Gasteiger partial charge in [-0.3, -0.25) is 0 Å². The van der Waals surface area contributed by atoms with E-state index in [4.69, 9.17) is 17.7 Å². The minimum atomic E-state index is -2.86. The van der Waals surface area contributed by atoms with Gasteiger partial charge < -0.3 is 17.7 Å². The molecule has 0 aliphatic heterocycles. The molecule has 0 atom stereocenters. The van der Waals surface area contributed by atoms with Gasteiger partial charge in [-0.05, 0) is 27.2 Å². The lowest BCUT2D eigenvalue weighted by atomic mass is 10.2. The van der Waals surface area contributed by atoms with E-state index in [9.17, 15) is 0 Å². The van der Waals surface area contributed by atoms with Gasteiger partial charge in [-0.15, -0.1) is 0 Å². The van der Waals surface area contributed by atoms with Gasteiger partial charge in [-0.1, -0.05) is 26.2 Å². The molecule has 0 heterocycles. The molecule has 0 radical (unpaired) electrons. The monoisotopic (exact) mass is 264 g/mol. The summed E-state index contributed by atoms with van der Waals surface area (Å²) in [4.78, 5) is 0. The molecule has 0 spiro atoms. The molecule has 0 unspecified atom stereocenters. The molecule has 0 aromatic heterocycles. The van der Waals surface area contributed by atoms with Crippen molar-refractivity contribution >= 4 is 9.05 Å². The van der Waals surface area contributed by atoms with Crippen molar-refractivity contribution in [1.29, 1.82) is 0 Å².